The summed E-state index contributed by atoms with van der Waals surface area (Å²) in [6.45, 7) is 10.8. The van der Waals surface area contributed by atoms with E-state index < -0.39 is 0 Å². The quantitative estimate of drug-likeness (QED) is 0.255. The molecule has 1 N–H and O–H groups in total. The van der Waals surface area contributed by atoms with E-state index in [9.17, 15) is 0 Å². The number of likely N-dealkylation sites (tertiary alicyclic amines) is 2. The Morgan fingerprint density at radius 3 is 2.52 bits per heavy atom. The number of aliphatic imine (C=N–C) groups is 1. The summed E-state index contributed by atoms with van der Waals surface area (Å²) in [5.41, 5.74) is 0. The summed E-state index contributed by atoms with van der Waals surface area (Å²) in [7, 11) is 3.92. The molecule has 1 unspecified atom stereocenters. The Bertz CT molecular complexity index is 376. The van der Waals surface area contributed by atoms with Crippen molar-refractivity contribution in [2.24, 2.45) is 16.8 Å². The first-order valence-electron chi connectivity index (χ1n) is 9.51. The average molecular weight is 468 g/mol. The molecule has 1 atom stereocenters. The van der Waals surface area contributed by atoms with E-state index in [4.69, 9.17) is 14.5 Å². The zero-order valence-corrected chi connectivity index (χ0v) is 18.5. The number of ether oxygens (including phenoxy) is 2. The lowest BCUT2D eigenvalue weighted by molar-refractivity contribution is 0.0536. The van der Waals surface area contributed by atoms with Crippen molar-refractivity contribution in [3.63, 3.8) is 0 Å². The van der Waals surface area contributed by atoms with Crippen molar-refractivity contribution in [1.82, 2.24) is 15.1 Å². The highest BCUT2D eigenvalue weighted by molar-refractivity contribution is 14.0. The monoisotopic (exact) mass is 468 g/mol. The Kier molecular flexibility index (Phi) is 12.0. The van der Waals surface area contributed by atoms with Gasteiger partial charge in [0.05, 0.1) is 19.8 Å². The minimum absolute atomic E-state index is 0. The van der Waals surface area contributed by atoms with Crippen LogP contribution in [-0.4, -0.2) is 89.0 Å². The van der Waals surface area contributed by atoms with Crippen molar-refractivity contribution in [3.05, 3.63) is 0 Å². The van der Waals surface area contributed by atoms with Gasteiger partial charge in [-0.15, -0.1) is 24.0 Å². The summed E-state index contributed by atoms with van der Waals surface area (Å²) >= 11 is 0. The van der Waals surface area contributed by atoms with Crippen LogP contribution in [0, 0.1) is 11.8 Å². The highest BCUT2D eigenvalue weighted by Gasteiger charge is 2.25. The number of nitrogens with zero attached hydrogens (tertiary/aromatic N) is 3. The second-order valence-corrected chi connectivity index (χ2v) is 7.11. The van der Waals surface area contributed by atoms with Crippen LogP contribution in [-0.2, 0) is 9.47 Å². The van der Waals surface area contributed by atoms with E-state index in [0.29, 0.717) is 19.1 Å². The molecular formula is C18H37IN4O2. The van der Waals surface area contributed by atoms with Crippen LogP contribution in [0.5, 0.6) is 0 Å². The molecular weight excluding hydrogens is 431 g/mol. The first-order valence-corrected chi connectivity index (χ1v) is 9.51. The number of nitrogens with one attached hydrogen (secondary N) is 1. The summed E-state index contributed by atoms with van der Waals surface area (Å²) in [5, 5.41) is 3.47. The SMILES string of the molecule is CCNC(=NCC1CCN(C)CC1)N1CCC(COCCOC)C1.I. The van der Waals surface area contributed by atoms with Crippen molar-refractivity contribution in [2.75, 3.05) is 73.2 Å². The minimum atomic E-state index is 0. The Labute approximate surface area is 170 Å². The van der Waals surface area contributed by atoms with Gasteiger partial charge < -0.3 is 24.6 Å². The van der Waals surface area contributed by atoms with Crippen LogP contribution in [0.3, 0.4) is 0 Å². The average Bonchev–Trinajstić information content (AvgIpc) is 3.06. The van der Waals surface area contributed by atoms with E-state index >= 15 is 0 Å². The van der Waals surface area contributed by atoms with Gasteiger partial charge in [0, 0.05) is 39.2 Å². The smallest absolute Gasteiger partial charge is 0.193 e. The molecule has 2 fully saturated rings. The molecule has 0 aromatic carbocycles. The predicted molar refractivity (Wildman–Crippen MR) is 114 cm³/mol. The molecule has 0 aromatic heterocycles. The largest absolute Gasteiger partial charge is 0.382 e. The van der Waals surface area contributed by atoms with Crippen LogP contribution < -0.4 is 5.32 Å². The lowest BCUT2D eigenvalue weighted by Gasteiger charge is -2.28. The molecule has 25 heavy (non-hydrogen) atoms. The van der Waals surface area contributed by atoms with Gasteiger partial charge in [0.2, 0.25) is 0 Å². The lowest BCUT2D eigenvalue weighted by Crippen LogP contribution is -2.41. The molecule has 7 heteroatoms. The van der Waals surface area contributed by atoms with Crippen LogP contribution >= 0.6 is 24.0 Å². The Balaban J connectivity index is 0.00000312. The Morgan fingerprint density at radius 2 is 1.84 bits per heavy atom. The van der Waals surface area contributed by atoms with E-state index in [1.54, 1.807) is 7.11 Å². The first-order chi connectivity index (χ1) is 11.7. The van der Waals surface area contributed by atoms with Crippen LogP contribution in [0.25, 0.3) is 0 Å². The number of halogens is 1. The van der Waals surface area contributed by atoms with Crippen LogP contribution in [0.4, 0.5) is 0 Å². The molecule has 2 heterocycles. The first kappa shape index (κ1) is 22.9. The fourth-order valence-electron chi connectivity index (χ4n) is 3.44. The van der Waals surface area contributed by atoms with E-state index in [2.05, 4.69) is 29.1 Å². The third kappa shape index (κ3) is 8.41. The van der Waals surface area contributed by atoms with Crippen molar-refractivity contribution in [3.8, 4) is 0 Å². The zero-order valence-electron chi connectivity index (χ0n) is 16.2. The highest BCUT2D eigenvalue weighted by atomic mass is 127. The molecule has 6 nitrogen and oxygen atoms in total. The summed E-state index contributed by atoms with van der Waals surface area (Å²) < 4.78 is 10.7. The third-order valence-electron chi connectivity index (χ3n) is 5.04. The van der Waals surface area contributed by atoms with Gasteiger partial charge in [0.15, 0.2) is 5.96 Å². The molecule has 2 aliphatic heterocycles. The van der Waals surface area contributed by atoms with Gasteiger partial charge >= 0.3 is 0 Å². The fourth-order valence-corrected chi connectivity index (χ4v) is 3.44. The Hall–Kier alpha value is -0.120. The third-order valence-corrected chi connectivity index (χ3v) is 5.04. The van der Waals surface area contributed by atoms with Gasteiger partial charge in [-0.1, -0.05) is 0 Å². The minimum Gasteiger partial charge on any atom is -0.382 e. The van der Waals surface area contributed by atoms with Gasteiger partial charge in [-0.05, 0) is 52.2 Å². The second-order valence-electron chi connectivity index (χ2n) is 7.11. The number of methoxy groups -OCH3 is 1. The van der Waals surface area contributed by atoms with Gasteiger partial charge in [-0.25, -0.2) is 0 Å². The molecule has 2 rings (SSSR count). The number of guanidine groups is 1. The highest BCUT2D eigenvalue weighted by Crippen LogP contribution is 2.19. The summed E-state index contributed by atoms with van der Waals surface area (Å²) in [4.78, 5) is 9.76. The van der Waals surface area contributed by atoms with Gasteiger partial charge in [0.25, 0.3) is 0 Å². The predicted octanol–water partition coefficient (Wildman–Crippen LogP) is 1.90. The standard InChI is InChI=1S/C18H36N4O2.HI/c1-4-19-18(20-13-16-5-8-21(2)9-6-16)22-10-7-17(14-22)15-24-12-11-23-3;/h16-17H,4-15H2,1-3H3,(H,19,20);1H. The van der Waals surface area contributed by atoms with Gasteiger partial charge in [-0.2, -0.15) is 0 Å². The molecule has 0 aromatic rings. The summed E-state index contributed by atoms with van der Waals surface area (Å²) in [5.74, 6) is 2.44. The van der Waals surface area contributed by atoms with Gasteiger partial charge in [-0.3, -0.25) is 4.99 Å². The molecule has 0 bridgehead atoms. The molecule has 0 aliphatic carbocycles. The maximum Gasteiger partial charge on any atom is 0.193 e. The maximum atomic E-state index is 5.69. The zero-order chi connectivity index (χ0) is 17.2. The molecule has 2 aliphatic rings. The topological polar surface area (TPSA) is 49.3 Å². The number of hydrogen-bond donors (Lipinski definition) is 1. The molecule has 0 spiro atoms. The van der Waals surface area contributed by atoms with Crippen LogP contribution in [0.2, 0.25) is 0 Å². The second kappa shape index (κ2) is 13.1. The van der Waals surface area contributed by atoms with Crippen molar-refractivity contribution >= 4 is 29.9 Å². The fraction of sp³-hybridized carbons (Fsp3) is 0.944. The van der Waals surface area contributed by atoms with E-state index in [-0.39, 0.29) is 24.0 Å². The molecule has 0 radical (unpaired) electrons. The normalized spacial score (nSPS) is 22.9. The summed E-state index contributed by atoms with van der Waals surface area (Å²) in [6.07, 6.45) is 3.73. The van der Waals surface area contributed by atoms with Crippen LogP contribution in [0.15, 0.2) is 4.99 Å². The summed E-state index contributed by atoms with van der Waals surface area (Å²) in [6, 6.07) is 0. The number of hydrogen-bond acceptors (Lipinski definition) is 4. The van der Waals surface area contributed by atoms with Crippen molar-refractivity contribution in [2.45, 2.75) is 26.2 Å². The van der Waals surface area contributed by atoms with E-state index in [1.165, 1.54) is 32.4 Å². The maximum absolute atomic E-state index is 5.69. The molecule has 0 amide bonds. The lowest BCUT2D eigenvalue weighted by atomic mass is 9.97. The number of rotatable bonds is 8. The van der Waals surface area contributed by atoms with Crippen LogP contribution in [0.1, 0.15) is 26.2 Å². The molecule has 0 saturated carbocycles. The van der Waals surface area contributed by atoms with E-state index in [0.717, 1.165) is 44.7 Å². The Morgan fingerprint density at radius 1 is 1.12 bits per heavy atom. The van der Waals surface area contributed by atoms with E-state index in [1.807, 2.05) is 0 Å². The molecule has 2 saturated heterocycles. The van der Waals surface area contributed by atoms with Crippen molar-refractivity contribution in [1.29, 1.82) is 0 Å². The van der Waals surface area contributed by atoms with Gasteiger partial charge in [0.1, 0.15) is 0 Å². The number of piperidine rings is 1. The van der Waals surface area contributed by atoms with Crippen molar-refractivity contribution < 1.29 is 9.47 Å². The molecule has 148 valence electrons.